The molecule has 2 aliphatic carbocycles. The van der Waals surface area contributed by atoms with Gasteiger partial charge in [0.15, 0.2) is 0 Å². The van der Waals surface area contributed by atoms with E-state index in [9.17, 15) is 23.1 Å². The van der Waals surface area contributed by atoms with Gasteiger partial charge in [0.05, 0.1) is 12.0 Å². The van der Waals surface area contributed by atoms with Gasteiger partial charge in [-0.15, -0.1) is 0 Å². The van der Waals surface area contributed by atoms with Crippen LogP contribution in [0.3, 0.4) is 0 Å². The van der Waals surface area contributed by atoms with Crippen LogP contribution in [0.5, 0.6) is 0 Å². The van der Waals surface area contributed by atoms with Crippen molar-refractivity contribution < 1.29 is 23.1 Å². The van der Waals surface area contributed by atoms with Crippen molar-refractivity contribution in [3.8, 4) is 0 Å². The topological polar surface area (TPSA) is 49.3 Å². The minimum Gasteiger partial charge on any atom is -0.393 e. The average molecular weight is 293 g/mol. The molecule has 0 aromatic carbocycles. The molecule has 0 bridgehead atoms. The van der Waals surface area contributed by atoms with Gasteiger partial charge in [-0.3, -0.25) is 4.79 Å². The third-order valence-electron chi connectivity index (χ3n) is 4.72. The molecule has 0 aliphatic heterocycles. The Bertz CT molecular complexity index is 338. The fourth-order valence-corrected chi connectivity index (χ4v) is 3.31. The molecule has 0 aromatic rings. The highest BCUT2D eigenvalue weighted by atomic mass is 19.4. The zero-order valence-electron chi connectivity index (χ0n) is 11.5. The van der Waals surface area contributed by atoms with Crippen molar-refractivity contribution in [2.45, 2.75) is 57.2 Å². The van der Waals surface area contributed by atoms with Crippen molar-refractivity contribution in [3.05, 3.63) is 0 Å². The monoisotopic (exact) mass is 293 g/mol. The van der Waals surface area contributed by atoms with Crippen molar-refractivity contribution in [1.29, 1.82) is 0 Å². The minimum atomic E-state index is -4.13. The Morgan fingerprint density at radius 1 is 1.10 bits per heavy atom. The molecule has 2 atom stereocenters. The summed E-state index contributed by atoms with van der Waals surface area (Å²) in [4.78, 5) is 11.9. The average Bonchev–Trinajstić information content (AvgIpc) is 2.81. The Balaban J connectivity index is 1.72. The van der Waals surface area contributed by atoms with E-state index in [1.165, 1.54) is 0 Å². The van der Waals surface area contributed by atoms with Gasteiger partial charge >= 0.3 is 6.18 Å². The molecule has 0 heterocycles. The number of alkyl halides is 3. The Hall–Kier alpha value is -0.780. The van der Waals surface area contributed by atoms with E-state index in [4.69, 9.17) is 0 Å². The summed E-state index contributed by atoms with van der Waals surface area (Å²) in [7, 11) is 0. The molecule has 2 N–H and O–H groups in total. The maximum Gasteiger partial charge on any atom is 0.391 e. The number of carbonyl (C=O) groups is 1. The molecule has 2 rings (SSSR count). The number of hydrogen-bond acceptors (Lipinski definition) is 2. The van der Waals surface area contributed by atoms with Gasteiger partial charge in [-0.1, -0.05) is 6.42 Å². The predicted octanol–water partition coefficient (Wildman–Crippen LogP) is 2.63. The summed E-state index contributed by atoms with van der Waals surface area (Å²) >= 11 is 0. The van der Waals surface area contributed by atoms with E-state index in [1.54, 1.807) is 0 Å². The second-order valence-electron chi connectivity index (χ2n) is 6.09. The highest BCUT2D eigenvalue weighted by Gasteiger charge is 2.42. The van der Waals surface area contributed by atoms with Crippen molar-refractivity contribution in [1.82, 2.24) is 5.32 Å². The van der Waals surface area contributed by atoms with Gasteiger partial charge in [0.1, 0.15) is 0 Å². The van der Waals surface area contributed by atoms with Crippen LogP contribution in [0.15, 0.2) is 0 Å². The molecule has 20 heavy (non-hydrogen) atoms. The maximum atomic E-state index is 12.5. The lowest BCUT2D eigenvalue weighted by atomic mass is 9.81. The second kappa shape index (κ2) is 6.33. The summed E-state index contributed by atoms with van der Waals surface area (Å²) in [6.07, 6.45) is -1.11. The first-order valence-electron chi connectivity index (χ1n) is 7.40. The number of carbonyl (C=O) groups excluding carboxylic acids is 1. The highest BCUT2D eigenvalue weighted by Crippen LogP contribution is 2.39. The first-order valence-corrected chi connectivity index (χ1v) is 7.40. The molecule has 0 spiro atoms. The Labute approximate surface area is 116 Å². The molecular weight excluding hydrogens is 271 g/mol. The van der Waals surface area contributed by atoms with Crippen LogP contribution in [0.4, 0.5) is 13.2 Å². The van der Waals surface area contributed by atoms with E-state index in [1.807, 2.05) is 0 Å². The van der Waals surface area contributed by atoms with Gasteiger partial charge < -0.3 is 10.4 Å². The summed E-state index contributed by atoms with van der Waals surface area (Å²) in [6.45, 7) is 0.444. The molecule has 2 fully saturated rings. The molecular formula is C14H22F3NO2. The first kappa shape index (κ1) is 15.6. The molecule has 3 nitrogen and oxygen atoms in total. The highest BCUT2D eigenvalue weighted by molar-refractivity contribution is 5.78. The number of aliphatic hydroxyl groups excluding tert-OH is 1. The van der Waals surface area contributed by atoms with Gasteiger partial charge in [0.2, 0.25) is 5.91 Å². The Morgan fingerprint density at radius 2 is 1.75 bits per heavy atom. The summed E-state index contributed by atoms with van der Waals surface area (Å²) in [6, 6.07) is 0. The zero-order valence-corrected chi connectivity index (χ0v) is 11.5. The third-order valence-corrected chi connectivity index (χ3v) is 4.72. The van der Waals surface area contributed by atoms with E-state index < -0.39 is 12.1 Å². The van der Waals surface area contributed by atoms with Crippen LogP contribution < -0.4 is 5.32 Å². The lowest BCUT2D eigenvalue weighted by molar-refractivity contribution is -0.184. The number of amides is 1. The second-order valence-corrected chi connectivity index (χ2v) is 6.09. The normalized spacial score (nSPS) is 35.0. The van der Waals surface area contributed by atoms with Crippen LogP contribution in [-0.2, 0) is 4.79 Å². The zero-order chi connectivity index (χ0) is 14.8. The Morgan fingerprint density at radius 3 is 2.25 bits per heavy atom. The van der Waals surface area contributed by atoms with Crippen molar-refractivity contribution in [2.75, 3.05) is 6.54 Å². The van der Waals surface area contributed by atoms with Gasteiger partial charge in [-0.05, 0) is 38.5 Å². The standard InChI is InChI=1S/C14H22F3NO2/c15-14(16,17)11-6-4-9(5-7-11)13(20)18-8-10-2-1-3-12(10)19/h9-12,19H,1-8H2,(H,18,20). The molecule has 0 radical (unpaired) electrons. The molecule has 2 unspecified atom stereocenters. The van der Waals surface area contributed by atoms with Crippen LogP contribution in [0.25, 0.3) is 0 Å². The minimum absolute atomic E-state index is 0.0492. The van der Waals surface area contributed by atoms with E-state index in [0.29, 0.717) is 19.4 Å². The quantitative estimate of drug-likeness (QED) is 0.840. The SMILES string of the molecule is O=C(NCC1CCCC1O)C1CCC(C(F)(F)F)CC1. The molecule has 6 heteroatoms. The van der Waals surface area contributed by atoms with Gasteiger partial charge in [0.25, 0.3) is 0 Å². The van der Waals surface area contributed by atoms with Crippen LogP contribution in [0, 0.1) is 17.8 Å². The van der Waals surface area contributed by atoms with E-state index >= 15 is 0 Å². The molecule has 2 aliphatic rings. The third kappa shape index (κ3) is 3.87. The fraction of sp³-hybridized carbons (Fsp3) is 0.929. The Kier molecular flexibility index (Phi) is 4.94. The van der Waals surface area contributed by atoms with Gasteiger partial charge in [-0.25, -0.2) is 0 Å². The molecule has 0 saturated heterocycles. The first-order chi connectivity index (χ1) is 9.38. The maximum absolute atomic E-state index is 12.5. The lowest BCUT2D eigenvalue weighted by Gasteiger charge is -2.29. The van der Waals surface area contributed by atoms with E-state index in [-0.39, 0.29) is 36.7 Å². The van der Waals surface area contributed by atoms with E-state index in [0.717, 1.165) is 19.3 Å². The molecule has 2 saturated carbocycles. The summed E-state index contributed by atoms with van der Waals surface area (Å²) in [5, 5.41) is 12.5. The molecule has 1 amide bonds. The predicted molar refractivity (Wildman–Crippen MR) is 67.9 cm³/mol. The number of nitrogens with one attached hydrogen (secondary N) is 1. The summed E-state index contributed by atoms with van der Waals surface area (Å²) in [5.41, 5.74) is 0. The summed E-state index contributed by atoms with van der Waals surface area (Å²) in [5.74, 6) is -1.59. The van der Waals surface area contributed by atoms with Gasteiger partial charge in [-0.2, -0.15) is 13.2 Å². The molecule has 0 aromatic heterocycles. The fourth-order valence-electron chi connectivity index (χ4n) is 3.31. The van der Waals surface area contributed by atoms with Crippen molar-refractivity contribution >= 4 is 5.91 Å². The largest absolute Gasteiger partial charge is 0.393 e. The van der Waals surface area contributed by atoms with Crippen LogP contribution >= 0.6 is 0 Å². The van der Waals surface area contributed by atoms with Crippen LogP contribution in [-0.4, -0.2) is 29.8 Å². The van der Waals surface area contributed by atoms with Crippen LogP contribution in [0.1, 0.15) is 44.9 Å². The number of halogens is 3. The lowest BCUT2D eigenvalue weighted by Crippen LogP contribution is -2.39. The summed E-state index contributed by atoms with van der Waals surface area (Å²) < 4.78 is 37.6. The number of rotatable bonds is 3. The van der Waals surface area contributed by atoms with Gasteiger partial charge in [0, 0.05) is 18.4 Å². The number of hydrogen-bond donors (Lipinski definition) is 2. The van der Waals surface area contributed by atoms with Crippen molar-refractivity contribution in [2.24, 2.45) is 17.8 Å². The molecule has 116 valence electrons. The number of aliphatic hydroxyl groups is 1. The van der Waals surface area contributed by atoms with Crippen molar-refractivity contribution in [3.63, 3.8) is 0 Å². The van der Waals surface area contributed by atoms with E-state index in [2.05, 4.69) is 5.32 Å². The smallest absolute Gasteiger partial charge is 0.391 e. The van der Waals surface area contributed by atoms with Crippen LogP contribution in [0.2, 0.25) is 0 Å².